The van der Waals surface area contributed by atoms with Crippen molar-refractivity contribution in [1.29, 1.82) is 5.26 Å². The molecule has 23 heavy (non-hydrogen) atoms. The highest BCUT2D eigenvalue weighted by Gasteiger charge is 2.37. The van der Waals surface area contributed by atoms with E-state index in [2.05, 4.69) is 53.0 Å². The number of halogens is 1. The molecular formula is C17H17BrN4O. The lowest BCUT2D eigenvalue weighted by molar-refractivity contribution is 0.423. The molecule has 0 bridgehead atoms. The molecule has 2 aromatic rings. The van der Waals surface area contributed by atoms with Gasteiger partial charge in [-0.15, -0.1) is 5.10 Å². The minimum absolute atomic E-state index is 0.152. The van der Waals surface area contributed by atoms with Gasteiger partial charge < -0.3 is 10.5 Å². The molecular weight excluding hydrogens is 356 g/mol. The molecule has 3 N–H and O–H groups in total. The maximum atomic E-state index is 9.63. The van der Waals surface area contributed by atoms with Crippen molar-refractivity contribution in [3.05, 3.63) is 51.3 Å². The van der Waals surface area contributed by atoms with Gasteiger partial charge in [0.15, 0.2) is 4.67 Å². The van der Waals surface area contributed by atoms with Crippen molar-refractivity contribution in [1.82, 2.24) is 10.2 Å². The minimum Gasteiger partial charge on any atom is -0.429 e. The van der Waals surface area contributed by atoms with Crippen LogP contribution in [-0.4, -0.2) is 10.2 Å². The third-order valence-electron chi connectivity index (χ3n) is 3.88. The fraction of sp³-hybridized carbons (Fsp3) is 0.294. The molecule has 0 saturated carbocycles. The first-order valence-electron chi connectivity index (χ1n) is 7.24. The van der Waals surface area contributed by atoms with Crippen LogP contribution in [0.5, 0.6) is 5.88 Å². The number of aromatic amines is 1. The zero-order valence-corrected chi connectivity index (χ0v) is 14.7. The molecule has 0 aliphatic carbocycles. The van der Waals surface area contributed by atoms with E-state index in [-0.39, 0.29) is 11.3 Å². The number of ether oxygens (including phenoxy) is 1. The molecule has 1 aromatic carbocycles. The molecule has 0 spiro atoms. The summed E-state index contributed by atoms with van der Waals surface area (Å²) in [5.74, 6) is 0.259. The first-order valence-corrected chi connectivity index (χ1v) is 8.04. The molecule has 1 aliphatic heterocycles. The SMILES string of the molecule is CC(C)(C)c1[nH]nc2c1C(c1ccc(N)cc1)C(C#N)=C(Br)O2. The molecule has 0 saturated heterocycles. The predicted molar refractivity (Wildman–Crippen MR) is 92.2 cm³/mol. The number of nitriles is 1. The van der Waals surface area contributed by atoms with E-state index in [4.69, 9.17) is 10.5 Å². The van der Waals surface area contributed by atoms with Crippen LogP contribution in [0.4, 0.5) is 5.69 Å². The summed E-state index contributed by atoms with van der Waals surface area (Å²) in [7, 11) is 0. The summed E-state index contributed by atoms with van der Waals surface area (Å²) >= 11 is 3.35. The summed E-state index contributed by atoms with van der Waals surface area (Å²) in [6.45, 7) is 6.29. The van der Waals surface area contributed by atoms with Crippen LogP contribution in [0.2, 0.25) is 0 Å². The van der Waals surface area contributed by atoms with Crippen molar-refractivity contribution in [2.24, 2.45) is 0 Å². The van der Waals surface area contributed by atoms with Gasteiger partial charge >= 0.3 is 0 Å². The molecule has 1 unspecified atom stereocenters. The number of hydrogen-bond donors (Lipinski definition) is 2. The number of rotatable bonds is 1. The van der Waals surface area contributed by atoms with Crippen molar-refractivity contribution >= 4 is 21.6 Å². The number of nitrogens with two attached hydrogens (primary N) is 1. The Hall–Kier alpha value is -2.26. The third-order valence-corrected chi connectivity index (χ3v) is 4.47. The number of anilines is 1. The molecule has 0 fully saturated rings. The van der Waals surface area contributed by atoms with Gasteiger partial charge in [0, 0.05) is 16.8 Å². The first-order chi connectivity index (χ1) is 10.8. The number of H-pyrrole nitrogens is 1. The van der Waals surface area contributed by atoms with E-state index >= 15 is 0 Å². The Bertz CT molecular complexity index is 822. The topological polar surface area (TPSA) is 87.7 Å². The molecule has 1 aliphatic rings. The second-order valence-electron chi connectivity index (χ2n) is 6.57. The first kappa shape index (κ1) is 15.6. The maximum Gasteiger partial charge on any atom is 0.243 e. The second kappa shape index (κ2) is 5.43. The third kappa shape index (κ3) is 2.62. The number of nitrogens with zero attached hydrogens (tertiary/aromatic N) is 2. The number of hydrogen-bond acceptors (Lipinski definition) is 4. The molecule has 118 valence electrons. The van der Waals surface area contributed by atoms with E-state index < -0.39 is 0 Å². The van der Waals surface area contributed by atoms with Gasteiger partial charge in [-0.25, -0.2) is 0 Å². The van der Waals surface area contributed by atoms with E-state index in [1.54, 1.807) is 0 Å². The molecule has 0 radical (unpaired) electrons. The number of allylic oxidation sites excluding steroid dienone is 1. The van der Waals surface area contributed by atoms with Gasteiger partial charge in [0.05, 0.1) is 17.1 Å². The minimum atomic E-state index is -0.244. The number of nitrogen functional groups attached to an aromatic ring is 1. The molecule has 1 atom stereocenters. The summed E-state index contributed by atoms with van der Waals surface area (Å²) in [4.78, 5) is 0. The van der Waals surface area contributed by atoms with Gasteiger partial charge in [-0.1, -0.05) is 32.9 Å². The molecule has 6 heteroatoms. The summed E-state index contributed by atoms with van der Waals surface area (Å²) in [6.07, 6.45) is 0. The van der Waals surface area contributed by atoms with E-state index in [1.165, 1.54) is 0 Å². The lowest BCUT2D eigenvalue weighted by atomic mass is 9.79. The fourth-order valence-corrected chi connectivity index (χ4v) is 3.25. The lowest BCUT2D eigenvalue weighted by Crippen LogP contribution is -2.20. The van der Waals surface area contributed by atoms with Gasteiger partial charge in [0.1, 0.15) is 6.07 Å². The van der Waals surface area contributed by atoms with Gasteiger partial charge in [-0.3, -0.25) is 5.10 Å². The van der Waals surface area contributed by atoms with Crippen molar-refractivity contribution in [2.45, 2.75) is 32.1 Å². The van der Waals surface area contributed by atoms with Crippen molar-refractivity contribution in [3.8, 4) is 11.9 Å². The largest absolute Gasteiger partial charge is 0.429 e. The summed E-state index contributed by atoms with van der Waals surface area (Å²) < 4.78 is 6.10. The van der Waals surface area contributed by atoms with Crippen LogP contribution in [0.1, 0.15) is 43.5 Å². The maximum absolute atomic E-state index is 9.63. The smallest absolute Gasteiger partial charge is 0.243 e. The van der Waals surface area contributed by atoms with Gasteiger partial charge in [-0.2, -0.15) is 5.26 Å². The van der Waals surface area contributed by atoms with Crippen LogP contribution >= 0.6 is 15.9 Å². The summed E-state index contributed by atoms with van der Waals surface area (Å²) in [6, 6.07) is 9.81. The highest BCUT2D eigenvalue weighted by atomic mass is 79.9. The quantitative estimate of drug-likeness (QED) is 0.741. The van der Waals surface area contributed by atoms with E-state index in [9.17, 15) is 5.26 Å². The fourth-order valence-electron chi connectivity index (χ4n) is 2.78. The Balaban J connectivity index is 2.26. The monoisotopic (exact) mass is 372 g/mol. The lowest BCUT2D eigenvalue weighted by Gasteiger charge is -2.27. The molecule has 3 rings (SSSR count). The highest BCUT2D eigenvalue weighted by molar-refractivity contribution is 9.11. The van der Waals surface area contributed by atoms with E-state index in [1.807, 2.05) is 24.3 Å². The Morgan fingerprint density at radius 3 is 2.52 bits per heavy atom. The average Bonchev–Trinajstić information content (AvgIpc) is 2.90. The predicted octanol–water partition coefficient (Wildman–Crippen LogP) is 3.94. The number of fused-ring (bicyclic) bond motifs is 1. The number of nitrogens with one attached hydrogen (secondary N) is 1. The number of benzene rings is 1. The van der Waals surface area contributed by atoms with E-state index in [0.29, 0.717) is 21.8 Å². The van der Waals surface area contributed by atoms with Crippen LogP contribution < -0.4 is 10.5 Å². The second-order valence-corrected chi connectivity index (χ2v) is 7.29. The van der Waals surface area contributed by atoms with Crippen LogP contribution in [0.3, 0.4) is 0 Å². The molecule has 0 amide bonds. The highest BCUT2D eigenvalue weighted by Crippen LogP contribution is 2.47. The van der Waals surface area contributed by atoms with Crippen LogP contribution in [0, 0.1) is 11.3 Å². The van der Waals surface area contributed by atoms with Crippen molar-refractivity contribution in [3.63, 3.8) is 0 Å². The zero-order valence-electron chi connectivity index (χ0n) is 13.1. The summed E-state index contributed by atoms with van der Waals surface area (Å²) in [5, 5.41) is 17.0. The van der Waals surface area contributed by atoms with Crippen LogP contribution in [0.15, 0.2) is 34.5 Å². The van der Waals surface area contributed by atoms with Crippen molar-refractivity contribution < 1.29 is 4.74 Å². The Kier molecular flexibility index (Phi) is 3.69. The number of aromatic nitrogens is 2. The van der Waals surface area contributed by atoms with Crippen LogP contribution in [0.25, 0.3) is 0 Å². The van der Waals surface area contributed by atoms with Gasteiger partial charge in [-0.05, 0) is 33.6 Å². The van der Waals surface area contributed by atoms with Crippen LogP contribution in [-0.2, 0) is 5.41 Å². The van der Waals surface area contributed by atoms with Gasteiger partial charge in [0.25, 0.3) is 0 Å². The van der Waals surface area contributed by atoms with Crippen molar-refractivity contribution in [2.75, 3.05) is 5.73 Å². The molecule has 5 nitrogen and oxygen atoms in total. The zero-order chi connectivity index (χ0) is 16.8. The Morgan fingerprint density at radius 1 is 1.30 bits per heavy atom. The van der Waals surface area contributed by atoms with E-state index in [0.717, 1.165) is 16.8 Å². The van der Waals surface area contributed by atoms with Gasteiger partial charge in [0.2, 0.25) is 5.88 Å². The molecule has 1 aromatic heterocycles. The Morgan fingerprint density at radius 2 is 1.96 bits per heavy atom. The normalized spacial score (nSPS) is 17.4. The molecule has 2 heterocycles. The standard InChI is InChI=1S/C17H17BrN4O/c1-17(2,3)14-13-12(9-4-6-10(20)7-5-9)11(8-19)15(18)23-16(13)22-21-14/h4-7,12H,20H2,1-3H3,(H,21,22). The Labute approximate surface area is 143 Å². The summed E-state index contributed by atoms with van der Waals surface area (Å²) in [5.41, 5.74) is 9.69. The average molecular weight is 373 g/mol.